The number of hydrogen-bond donors (Lipinski definition) is 1. The zero-order valence-electron chi connectivity index (χ0n) is 9.77. The van der Waals surface area contributed by atoms with Crippen molar-refractivity contribution < 1.29 is 9.59 Å². The number of nitrogens with one attached hydrogen (secondary N) is 1. The predicted molar refractivity (Wildman–Crippen MR) is 70.6 cm³/mol. The maximum absolute atomic E-state index is 12.0. The van der Waals surface area contributed by atoms with Gasteiger partial charge in [-0.2, -0.15) is 5.10 Å². The van der Waals surface area contributed by atoms with Crippen LogP contribution in [0.15, 0.2) is 17.2 Å². The third-order valence-electron chi connectivity index (χ3n) is 2.52. The summed E-state index contributed by atoms with van der Waals surface area (Å²) in [4.78, 5) is 25.5. The lowest BCUT2D eigenvalue weighted by Crippen LogP contribution is -2.37. The molecule has 0 atom stereocenters. The Kier molecular flexibility index (Phi) is 3.98. The van der Waals surface area contributed by atoms with Gasteiger partial charge in [-0.3, -0.25) is 9.59 Å². The number of carbonyl (C=O) groups excluding carboxylic acids is 2. The Hall–Kier alpha value is -1.40. The summed E-state index contributed by atoms with van der Waals surface area (Å²) in [6, 6.07) is 3.69. The Morgan fingerprint density at radius 3 is 2.89 bits per heavy atom. The first kappa shape index (κ1) is 13.0. The monoisotopic (exact) mass is 285 g/mol. The summed E-state index contributed by atoms with van der Waals surface area (Å²) in [7, 11) is 1.70. The molecule has 2 rings (SSSR count). The van der Waals surface area contributed by atoms with Crippen molar-refractivity contribution in [2.75, 3.05) is 7.05 Å². The average Bonchev–Trinajstić information content (AvgIpc) is 2.75. The molecule has 0 saturated carbocycles. The van der Waals surface area contributed by atoms with Crippen LogP contribution in [0.2, 0.25) is 4.34 Å². The van der Waals surface area contributed by atoms with E-state index in [4.69, 9.17) is 11.6 Å². The highest BCUT2D eigenvalue weighted by atomic mass is 35.5. The zero-order chi connectivity index (χ0) is 13.1. The number of hydrogen-bond acceptors (Lipinski definition) is 4. The van der Waals surface area contributed by atoms with Gasteiger partial charge in [-0.05, 0) is 12.1 Å². The third kappa shape index (κ3) is 3.08. The van der Waals surface area contributed by atoms with Crippen molar-refractivity contribution in [3.8, 4) is 0 Å². The fourth-order valence-corrected chi connectivity index (χ4v) is 2.73. The van der Waals surface area contributed by atoms with E-state index in [2.05, 4.69) is 10.5 Å². The molecular formula is C11H12ClN3O2S. The van der Waals surface area contributed by atoms with Crippen molar-refractivity contribution in [1.82, 2.24) is 10.3 Å². The van der Waals surface area contributed by atoms with Gasteiger partial charge in [-0.25, -0.2) is 5.43 Å². The van der Waals surface area contributed by atoms with Crippen LogP contribution in [0, 0.1) is 0 Å². The highest BCUT2D eigenvalue weighted by Gasteiger charge is 2.21. The van der Waals surface area contributed by atoms with Gasteiger partial charge < -0.3 is 4.90 Å². The Balaban J connectivity index is 1.98. The topological polar surface area (TPSA) is 61.8 Å². The fourth-order valence-electron chi connectivity index (χ4n) is 1.59. The van der Waals surface area contributed by atoms with Crippen LogP contribution in [0.4, 0.5) is 0 Å². The van der Waals surface area contributed by atoms with Gasteiger partial charge in [0, 0.05) is 24.8 Å². The van der Waals surface area contributed by atoms with E-state index in [-0.39, 0.29) is 11.8 Å². The third-order valence-corrected chi connectivity index (χ3v) is 3.74. The molecule has 1 aromatic heterocycles. The zero-order valence-corrected chi connectivity index (χ0v) is 11.3. The summed E-state index contributed by atoms with van der Waals surface area (Å²) < 4.78 is 0.702. The van der Waals surface area contributed by atoms with Crippen molar-refractivity contribution in [3.05, 3.63) is 21.3 Å². The maximum Gasteiger partial charge on any atom is 0.270 e. The lowest BCUT2D eigenvalue weighted by Gasteiger charge is -2.19. The Morgan fingerprint density at radius 1 is 1.56 bits per heavy atom. The summed E-state index contributed by atoms with van der Waals surface area (Å²) in [6.45, 7) is 0.489. The van der Waals surface area contributed by atoms with Gasteiger partial charge in [-0.15, -0.1) is 11.3 Å². The average molecular weight is 286 g/mol. The van der Waals surface area contributed by atoms with Crippen LogP contribution in [-0.2, 0) is 16.1 Å². The van der Waals surface area contributed by atoms with Crippen molar-refractivity contribution in [1.29, 1.82) is 0 Å². The van der Waals surface area contributed by atoms with Crippen molar-refractivity contribution >= 4 is 40.5 Å². The molecule has 0 aliphatic carbocycles. The van der Waals surface area contributed by atoms with E-state index >= 15 is 0 Å². The van der Waals surface area contributed by atoms with Crippen LogP contribution >= 0.6 is 22.9 Å². The number of thiophene rings is 1. The Labute approximate surface area is 113 Å². The summed E-state index contributed by atoms with van der Waals surface area (Å²) in [6.07, 6.45) is 0.698. The summed E-state index contributed by atoms with van der Waals surface area (Å²) >= 11 is 7.27. The van der Waals surface area contributed by atoms with E-state index < -0.39 is 0 Å². The summed E-state index contributed by atoms with van der Waals surface area (Å²) in [5, 5.41) is 3.78. The molecule has 5 nitrogen and oxygen atoms in total. The molecule has 7 heteroatoms. The van der Waals surface area contributed by atoms with Crippen molar-refractivity contribution in [2.45, 2.75) is 19.4 Å². The lowest BCUT2D eigenvalue weighted by molar-refractivity contribution is -0.124. The molecule has 1 aliphatic rings. The van der Waals surface area contributed by atoms with E-state index in [0.29, 0.717) is 29.4 Å². The molecule has 18 heavy (non-hydrogen) atoms. The minimum Gasteiger partial charge on any atom is -0.335 e. The predicted octanol–water partition coefficient (Wildman–Crippen LogP) is 1.63. The second-order valence-electron chi connectivity index (χ2n) is 3.96. The molecule has 1 aromatic rings. The number of carbonyl (C=O) groups is 2. The molecule has 0 radical (unpaired) electrons. The van der Waals surface area contributed by atoms with Crippen LogP contribution in [0.3, 0.4) is 0 Å². The van der Waals surface area contributed by atoms with Gasteiger partial charge in [0.1, 0.15) is 5.71 Å². The Bertz CT molecular complexity index is 512. The number of halogens is 1. The molecule has 0 aromatic carbocycles. The number of rotatable bonds is 3. The van der Waals surface area contributed by atoms with Crippen LogP contribution in [-0.4, -0.2) is 29.5 Å². The first-order valence-corrected chi connectivity index (χ1v) is 6.61. The van der Waals surface area contributed by atoms with Crippen molar-refractivity contribution in [2.24, 2.45) is 5.10 Å². The van der Waals surface area contributed by atoms with Crippen LogP contribution in [0.5, 0.6) is 0 Å². The molecule has 0 unspecified atom stereocenters. The Morgan fingerprint density at radius 2 is 2.33 bits per heavy atom. The first-order valence-electron chi connectivity index (χ1n) is 5.41. The normalized spacial score (nSPS) is 15.0. The molecule has 96 valence electrons. The van der Waals surface area contributed by atoms with E-state index in [9.17, 15) is 9.59 Å². The molecule has 0 spiro atoms. The van der Waals surface area contributed by atoms with Gasteiger partial charge >= 0.3 is 0 Å². The number of hydrazone groups is 1. The summed E-state index contributed by atoms with van der Waals surface area (Å²) in [5.41, 5.74) is 2.71. The highest BCUT2D eigenvalue weighted by molar-refractivity contribution is 7.16. The van der Waals surface area contributed by atoms with Crippen LogP contribution < -0.4 is 5.43 Å². The van der Waals surface area contributed by atoms with Crippen LogP contribution in [0.25, 0.3) is 0 Å². The summed E-state index contributed by atoms with van der Waals surface area (Å²) in [5.74, 6) is -0.321. The molecule has 2 amide bonds. The highest BCUT2D eigenvalue weighted by Crippen LogP contribution is 2.22. The number of nitrogens with zero attached hydrogens (tertiary/aromatic N) is 2. The van der Waals surface area contributed by atoms with Crippen LogP contribution in [0.1, 0.15) is 17.7 Å². The van der Waals surface area contributed by atoms with Gasteiger partial charge in [0.05, 0.1) is 10.9 Å². The largest absolute Gasteiger partial charge is 0.335 e. The second-order valence-corrected chi connectivity index (χ2v) is 5.76. The molecule has 2 heterocycles. The van der Waals surface area contributed by atoms with Gasteiger partial charge in [0.15, 0.2) is 0 Å². The molecule has 1 aliphatic heterocycles. The van der Waals surface area contributed by atoms with Gasteiger partial charge in [0.25, 0.3) is 5.91 Å². The molecule has 0 saturated heterocycles. The lowest BCUT2D eigenvalue weighted by atomic mass is 10.1. The minimum absolute atomic E-state index is 0.153. The van der Waals surface area contributed by atoms with Gasteiger partial charge in [0.2, 0.25) is 5.91 Å². The standard InChI is InChI=1S/C11H12ClN3O2S/c1-15(6-7-2-4-9(12)18-7)11(17)8-3-5-10(16)14-13-8/h2,4H,3,5-6H2,1H3,(H,14,16). The first-order chi connectivity index (χ1) is 8.56. The quantitative estimate of drug-likeness (QED) is 0.917. The van der Waals surface area contributed by atoms with Crippen molar-refractivity contribution in [3.63, 3.8) is 0 Å². The van der Waals surface area contributed by atoms with E-state index in [1.807, 2.05) is 6.07 Å². The molecule has 1 N–H and O–H groups in total. The van der Waals surface area contributed by atoms with E-state index in [0.717, 1.165) is 4.88 Å². The molecular weight excluding hydrogens is 274 g/mol. The maximum atomic E-state index is 12.0. The van der Waals surface area contributed by atoms with E-state index in [1.165, 1.54) is 11.3 Å². The SMILES string of the molecule is CN(Cc1ccc(Cl)s1)C(=O)C1=NNC(=O)CC1. The molecule has 0 fully saturated rings. The second kappa shape index (κ2) is 5.49. The fraction of sp³-hybridized carbons (Fsp3) is 0.364. The van der Waals surface area contributed by atoms with Gasteiger partial charge in [-0.1, -0.05) is 11.6 Å². The van der Waals surface area contributed by atoms with E-state index in [1.54, 1.807) is 18.0 Å². The minimum atomic E-state index is -0.167. The smallest absolute Gasteiger partial charge is 0.270 e. The number of amides is 2. The molecule has 0 bridgehead atoms.